The summed E-state index contributed by atoms with van der Waals surface area (Å²) < 4.78 is 11.6. The zero-order valence-corrected chi connectivity index (χ0v) is 16.3. The summed E-state index contributed by atoms with van der Waals surface area (Å²) in [6.07, 6.45) is 0. The lowest BCUT2D eigenvalue weighted by Gasteiger charge is -2.14. The van der Waals surface area contributed by atoms with Crippen molar-refractivity contribution in [2.75, 3.05) is 0 Å². The molecular formula is C22H16Cl2N2O2. The van der Waals surface area contributed by atoms with Gasteiger partial charge in [0.2, 0.25) is 5.89 Å². The van der Waals surface area contributed by atoms with Crippen LogP contribution >= 0.6 is 23.2 Å². The second-order valence-corrected chi connectivity index (χ2v) is 7.00. The molecule has 0 aliphatic heterocycles. The van der Waals surface area contributed by atoms with Crippen LogP contribution in [0, 0.1) is 0 Å². The smallest absolute Gasteiger partial charge is 0.253 e. The molecule has 28 heavy (non-hydrogen) atoms. The third-order valence-corrected chi connectivity index (χ3v) is 4.77. The van der Waals surface area contributed by atoms with E-state index in [1.807, 2.05) is 60.7 Å². The molecule has 0 bridgehead atoms. The molecule has 0 N–H and O–H groups in total. The van der Waals surface area contributed by atoms with Crippen LogP contribution in [0.1, 0.15) is 28.8 Å². The Morgan fingerprint density at radius 2 is 1.46 bits per heavy atom. The molecule has 0 saturated carbocycles. The summed E-state index contributed by atoms with van der Waals surface area (Å²) in [7, 11) is 0. The van der Waals surface area contributed by atoms with Crippen molar-refractivity contribution < 1.29 is 9.15 Å². The van der Waals surface area contributed by atoms with Crippen LogP contribution in [-0.2, 0) is 6.61 Å². The summed E-state index contributed by atoms with van der Waals surface area (Å²) in [5.41, 5.74) is 2.15. The molecule has 4 nitrogen and oxygen atoms in total. The molecule has 1 aromatic heterocycles. The second kappa shape index (κ2) is 8.46. The van der Waals surface area contributed by atoms with Crippen LogP contribution in [0.5, 0.6) is 5.75 Å². The fourth-order valence-electron chi connectivity index (χ4n) is 2.94. The summed E-state index contributed by atoms with van der Waals surface area (Å²) in [5, 5.41) is 9.38. The van der Waals surface area contributed by atoms with Gasteiger partial charge in [-0.05, 0) is 29.3 Å². The van der Waals surface area contributed by atoms with Gasteiger partial charge in [-0.2, -0.15) is 0 Å². The Labute approximate surface area is 172 Å². The summed E-state index contributed by atoms with van der Waals surface area (Å²) >= 11 is 12.0. The summed E-state index contributed by atoms with van der Waals surface area (Å²) in [6.45, 7) is 0.116. The molecule has 0 aliphatic rings. The number of aromatic nitrogens is 2. The van der Waals surface area contributed by atoms with Crippen molar-refractivity contribution in [3.05, 3.63) is 112 Å². The van der Waals surface area contributed by atoms with Crippen molar-refractivity contribution in [1.29, 1.82) is 0 Å². The zero-order chi connectivity index (χ0) is 19.3. The van der Waals surface area contributed by atoms with Crippen LogP contribution in [0.3, 0.4) is 0 Å². The van der Waals surface area contributed by atoms with Gasteiger partial charge in [-0.3, -0.25) is 0 Å². The first-order valence-electron chi connectivity index (χ1n) is 8.71. The lowest BCUT2D eigenvalue weighted by atomic mass is 9.91. The molecule has 0 aliphatic carbocycles. The van der Waals surface area contributed by atoms with Crippen molar-refractivity contribution in [3.63, 3.8) is 0 Å². The maximum Gasteiger partial charge on any atom is 0.253 e. The van der Waals surface area contributed by atoms with Crippen LogP contribution in [0.15, 0.2) is 83.3 Å². The molecule has 1 heterocycles. The zero-order valence-electron chi connectivity index (χ0n) is 14.8. The van der Waals surface area contributed by atoms with Gasteiger partial charge in [0.1, 0.15) is 5.75 Å². The Balaban J connectivity index is 1.58. The van der Waals surface area contributed by atoms with E-state index in [1.165, 1.54) is 0 Å². The standard InChI is InChI=1S/C22H16Cl2N2O2/c23-17-11-12-19(18(24)13-17)27-14-20-25-26-22(28-20)21(15-7-3-1-4-8-15)16-9-5-2-6-10-16/h1-13,21H,14H2. The lowest BCUT2D eigenvalue weighted by Crippen LogP contribution is -2.03. The van der Waals surface area contributed by atoms with E-state index in [0.717, 1.165) is 11.1 Å². The number of halogens is 2. The number of hydrogen-bond donors (Lipinski definition) is 0. The molecule has 140 valence electrons. The van der Waals surface area contributed by atoms with Gasteiger partial charge >= 0.3 is 0 Å². The van der Waals surface area contributed by atoms with E-state index >= 15 is 0 Å². The van der Waals surface area contributed by atoms with Gasteiger partial charge in [-0.15, -0.1) is 10.2 Å². The highest BCUT2D eigenvalue weighted by Gasteiger charge is 2.23. The maximum atomic E-state index is 6.14. The van der Waals surface area contributed by atoms with Gasteiger partial charge in [0.15, 0.2) is 6.61 Å². The van der Waals surface area contributed by atoms with Gasteiger partial charge in [-0.25, -0.2) is 0 Å². The van der Waals surface area contributed by atoms with Gasteiger partial charge in [0.05, 0.1) is 10.9 Å². The van der Waals surface area contributed by atoms with Crippen molar-refractivity contribution in [3.8, 4) is 5.75 Å². The minimum atomic E-state index is -0.150. The largest absolute Gasteiger partial charge is 0.482 e. The Bertz CT molecular complexity index is 1010. The third-order valence-electron chi connectivity index (χ3n) is 4.24. The topological polar surface area (TPSA) is 48.2 Å². The van der Waals surface area contributed by atoms with Gasteiger partial charge in [-0.1, -0.05) is 83.9 Å². The Hall–Kier alpha value is -2.82. The molecular weight excluding hydrogens is 395 g/mol. The van der Waals surface area contributed by atoms with Crippen LogP contribution in [0.2, 0.25) is 10.0 Å². The molecule has 0 amide bonds. The van der Waals surface area contributed by atoms with E-state index in [2.05, 4.69) is 10.2 Å². The number of ether oxygens (including phenoxy) is 1. The normalized spacial score (nSPS) is 11.0. The van der Waals surface area contributed by atoms with E-state index < -0.39 is 0 Å². The molecule has 0 fully saturated rings. The first-order valence-corrected chi connectivity index (χ1v) is 9.46. The highest BCUT2D eigenvalue weighted by Crippen LogP contribution is 2.31. The number of benzene rings is 3. The van der Waals surface area contributed by atoms with E-state index in [-0.39, 0.29) is 12.5 Å². The van der Waals surface area contributed by atoms with Gasteiger partial charge in [0, 0.05) is 5.02 Å². The van der Waals surface area contributed by atoms with Gasteiger partial charge < -0.3 is 9.15 Å². The maximum absolute atomic E-state index is 6.14. The number of rotatable bonds is 6. The van der Waals surface area contributed by atoms with E-state index in [4.69, 9.17) is 32.4 Å². The third kappa shape index (κ3) is 4.19. The predicted octanol–water partition coefficient (Wildman–Crippen LogP) is 6.14. The molecule has 0 atom stereocenters. The average Bonchev–Trinajstić information content (AvgIpc) is 3.18. The highest BCUT2D eigenvalue weighted by molar-refractivity contribution is 6.35. The van der Waals surface area contributed by atoms with Crippen molar-refractivity contribution in [2.24, 2.45) is 0 Å². The highest BCUT2D eigenvalue weighted by atomic mass is 35.5. The lowest BCUT2D eigenvalue weighted by molar-refractivity contribution is 0.258. The first kappa shape index (κ1) is 18.5. The summed E-state index contributed by atoms with van der Waals surface area (Å²) in [5.74, 6) is 1.24. The Morgan fingerprint density at radius 1 is 0.821 bits per heavy atom. The Kier molecular flexibility index (Phi) is 5.60. The Morgan fingerprint density at radius 3 is 2.07 bits per heavy atom. The molecule has 4 aromatic rings. The SMILES string of the molecule is Clc1ccc(OCc2nnc(C(c3ccccc3)c3ccccc3)o2)c(Cl)c1. The molecule has 0 radical (unpaired) electrons. The number of nitrogens with zero attached hydrogens (tertiary/aromatic N) is 2. The number of hydrogen-bond acceptors (Lipinski definition) is 4. The molecule has 0 unspecified atom stereocenters. The molecule has 4 rings (SSSR count). The quantitative estimate of drug-likeness (QED) is 0.383. The summed E-state index contributed by atoms with van der Waals surface area (Å²) in [4.78, 5) is 0. The molecule has 0 spiro atoms. The minimum absolute atomic E-state index is 0.116. The minimum Gasteiger partial charge on any atom is -0.482 e. The molecule has 0 saturated heterocycles. The van der Waals surface area contributed by atoms with Crippen LogP contribution in [0.4, 0.5) is 0 Å². The molecule has 6 heteroatoms. The van der Waals surface area contributed by atoms with Crippen molar-refractivity contribution in [1.82, 2.24) is 10.2 Å². The van der Waals surface area contributed by atoms with E-state index in [1.54, 1.807) is 18.2 Å². The van der Waals surface area contributed by atoms with Crippen LogP contribution in [-0.4, -0.2) is 10.2 Å². The van der Waals surface area contributed by atoms with Gasteiger partial charge in [0.25, 0.3) is 5.89 Å². The van der Waals surface area contributed by atoms with Crippen LogP contribution in [0.25, 0.3) is 0 Å². The fraction of sp³-hybridized carbons (Fsp3) is 0.0909. The second-order valence-electron chi connectivity index (χ2n) is 6.15. The van der Waals surface area contributed by atoms with E-state index in [9.17, 15) is 0 Å². The predicted molar refractivity (Wildman–Crippen MR) is 109 cm³/mol. The van der Waals surface area contributed by atoms with E-state index in [0.29, 0.717) is 27.6 Å². The first-order chi connectivity index (χ1) is 13.7. The van der Waals surface area contributed by atoms with Crippen molar-refractivity contribution in [2.45, 2.75) is 12.5 Å². The van der Waals surface area contributed by atoms with Crippen LogP contribution < -0.4 is 4.74 Å². The fourth-order valence-corrected chi connectivity index (χ4v) is 3.40. The monoisotopic (exact) mass is 410 g/mol. The summed E-state index contributed by atoms with van der Waals surface area (Å²) in [6, 6.07) is 25.2. The average molecular weight is 411 g/mol. The van der Waals surface area contributed by atoms with Crippen molar-refractivity contribution >= 4 is 23.2 Å². The molecule has 3 aromatic carbocycles.